The first kappa shape index (κ1) is 23.6. The van der Waals surface area contributed by atoms with Crippen molar-refractivity contribution in [2.75, 3.05) is 5.32 Å². The maximum Gasteiger partial charge on any atom is 0.256 e. The summed E-state index contributed by atoms with van der Waals surface area (Å²) in [5.41, 5.74) is 2.31. The number of fused-ring (bicyclic) bond motifs is 2. The van der Waals surface area contributed by atoms with Gasteiger partial charge in [-0.2, -0.15) is 0 Å². The Bertz CT molecular complexity index is 1310. The number of anilines is 1. The average molecular weight is 512 g/mol. The number of nitrogens with zero attached hydrogens (tertiary/aromatic N) is 1. The molecular formula is C26H23Cl2N3O4. The predicted molar refractivity (Wildman–Crippen MR) is 135 cm³/mol. The highest BCUT2D eigenvalue weighted by molar-refractivity contribution is 6.37. The lowest BCUT2D eigenvalue weighted by Crippen LogP contribution is -2.54. The number of halogens is 2. The van der Waals surface area contributed by atoms with E-state index < -0.39 is 29.4 Å². The second-order valence-electron chi connectivity index (χ2n) is 9.08. The van der Waals surface area contributed by atoms with Gasteiger partial charge in [-0.05, 0) is 43.2 Å². The van der Waals surface area contributed by atoms with Crippen LogP contribution in [-0.4, -0.2) is 22.9 Å². The van der Waals surface area contributed by atoms with E-state index in [0.717, 1.165) is 11.1 Å². The summed E-state index contributed by atoms with van der Waals surface area (Å²) >= 11 is 13.1. The number of carbonyl (C=O) groups excluding carboxylic acids is 1. The van der Waals surface area contributed by atoms with Gasteiger partial charge in [-0.3, -0.25) is 20.2 Å². The third kappa shape index (κ3) is 3.84. The molecule has 2 aliphatic heterocycles. The quantitative estimate of drug-likeness (QED) is 0.350. The molecule has 1 saturated heterocycles. The van der Waals surface area contributed by atoms with Gasteiger partial charge in [0.05, 0.1) is 16.0 Å². The summed E-state index contributed by atoms with van der Waals surface area (Å²) < 4.78 is 5.89. The lowest BCUT2D eigenvalue weighted by atomic mass is 9.78. The molecule has 35 heavy (non-hydrogen) atoms. The van der Waals surface area contributed by atoms with Crippen LogP contribution in [0.4, 0.5) is 5.69 Å². The van der Waals surface area contributed by atoms with Crippen molar-refractivity contribution in [3.05, 3.63) is 103 Å². The first-order valence-corrected chi connectivity index (χ1v) is 12.0. The van der Waals surface area contributed by atoms with Crippen LogP contribution in [0.15, 0.2) is 60.7 Å². The van der Waals surface area contributed by atoms with Crippen molar-refractivity contribution in [2.45, 2.75) is 44.0 Å². The summed E-state index contributed by atoms with van der Waals surface area (Å²) in [5, 5.41) is 19.0. The van der Waals surface area contributed by atoms with Crippen molar-refractivity contribution in [1.82, 2.24) is 5.32 Å². The zero-order chi connectivity index (χ0) is 24.9. The van der Waals surface area contributed by atoms with Crippen LogP contribution >= 0.6 is 23.2 Å². The molecule has 5 rings (SSSR count). The molecule has 1 fully saturated rings. The molecule has 3 aromatic rings. The van der Waals surface area contributed by atoms with Crippen LogP contribution in [0.25, 0.3) is 0 Å². The van der Waals surface area contributed by atoms with Gasteiger partial charge in [0.1, 0.15) is 6.61 Å². The molecular weight excluding hydrogens is 489 g/mol. The number of nitrogens with one attached hydrogen (secondary N) is 2. The van der Waals surface area contributed by atoms with Crippen molar-refractivity contribution in [3.8, 4) is 5.75 Å². The second kappa shape index (κ2) is 8.82. The van der Waals surface area contributed by atoms with Gasteiger partial charge in [0, 0.05) is 22.2 Å². The third-order valence-corrected chi connectivity index (χ3v) is 7.43. The molecule has 1 amide bonds. The van der Waals surface area contributed by atoms with E-state index in [4.69, 9.17) is 27.9 Å². The van der Waals surface area contributed by atoms with Crippen LogP contribution in [0, 0.1) is 17.0 Å². The number of para-hydroxylation sites is 1. The Labute approximate surface area is 212 Å². The SMILES string of the molecule is Cc1ccc(COc2c(Cl)cc([C@@H]3[C@H](C)N[C@]4(C(=O)Nc5ccccc54)[C@@H]3[N+](=O)[O-])cc2Cl)cc1. The number of amides is 1. The monoisotopic (exact) mass is 511 g/mol. The first-order chi connectivity index (χ1) is 16.7. The number of hydrogen-bond donors (Lipinski definition) is 2. The number of benzene rings is 3. The van der Waals surface area contributed by atoms with E-state index in [2.05, 4.69) is 10.6 Å². The Morgan fingerprint density at radius 3 is 2.40 bits per heavy atom. The van der Waals surface area contributed by atoms with E-state index in [1.807, 2.05) is 38.1 Å². The molecule has 180 valence electrons. The maximum absolute atomic E-state index is 13.2. The van der Waals surface area contributed by atoms with Gasteiger partial charge in [0.25, 0.3) is 11.9 Å². The molecule has 2 N–H and O–H groups in total. The summed E-state index contributed by atoms with van der Waals surface area (Å²) in [5.74, 6) is -0.791. The highest BCUT2D eigenvalue weighted by Gasteiger charge is 2.67. The van der Waals surface area contributed by atoms with Gasteiger partial charge >= 0.3 is 0 Å². The van der Waals surface area contributed by atoms with E-state index in [1.165, 1.54) is 0 Å². The Hall–Kier alpha value is -3.13. The van der Waals surface area contributed by atoms with E-state index in [9.17, 15) is 14.9 Å². The molecule has 2 heterocycles. The molecule has 7 nitrogen and oxygen atoms in total. The summed E-state index contributed by atoms with van der Waals surface area (Å²) in [7, 11) is 0. The fraction of sp³-hybridized carbons (Fsp3) is 0.269. The van der Waals surface area contributed by atoms with Crippen LogP contribution < -0.4 is 15.4 Å². The summed E-state index contributed by atoms with van der Waals surface area (Å²) in [6, 6.07) is 16.6. The smallest absolute Gasteiger partial charge is 0.256 e. The number of hydrogen-bond acceptors (Lipinski definition) is 5. The molecule has 3 aromatic carbocycles. The van der Waals surface area contributed by atoms with E-state index in [1.54, 1.807) is 36.4 Å². The van der Waals surface area contributed by atoms with Crippen LogP contribution in [0.5, 0.6) is 5.75 Å². The van der Waals surface area contributed by atoms with Crippen molar-refractivity contribution in [1.29, 1.82) is 0 Å². The third-order valence-electron chi connectivity index (χ3n) is 6.87. The number of ether oxygens (including phenoxy) is 1. The minimum Gasteiger partial charge on any atom is -0.486 e. The molecule has 2 aliphatic rings. The molecule has 9 heteroatoms. The largest absolute Gasteiger partial charge is 0.486 e. The number of rotatable bonds is 5. The van der Waals surface area contributed by atoms with Crippen LogP contribution in [0.1, 0.15) is 35.1 Å². The van der Waals surface area contributed by atoms with Crippen molar-refractivity contribution in [2.24, 2.45) is 0 Å². The van der Waals surface area contributed by atoms with Crippen LogP contribution in [0.3, 0.4) is 0 Å². The fourth-order valence-corrected chi connectivity index (χ4v) is 5.92. The van der Waals surface area contributed by atoms with E-state index >= 15 is 0 Å². The zero-order valence-corrected chi connectivity index (χ0v) is 20.6. The van der Waals surface area contributed by atoms with Gasteiger partial charge in [-0.25, -0.2) is 0 Å². The summed E-state index contributed by atoms with van der Waals surface area (Å²) in [6.45, 7) is 4.11. The Morgan fingerprint density at radius 1 is 1.09 bits per heavy atom. The molecule has 0 aliphatic carbocycles. The topological polar surface area (TPSA) is 93.5 Å². The van der Waals surface area contributed by atoms with E-state index in [-0.39, 0.29) is 21.6 Å². The Kier molecular flexibility index (Phi) is 5.95. The van der Waals surface area contributed by atoms with Gasteiger partial charge in [-0.15, -0.1) is 0 Å². The highest BCUT2D eigenvalue weighted by Crippen LogP contribution is 2.50. The minimum absolute atomic E-state index is 0.256. The molecule has 0 aromatic heterocycles. The van der Waals surface area contributed by atoms with Crippen LogP contribution in [0.2, 0.25) is 10.0 Å². The van der Waals surface area contributed by atoms with Crippen LogP contribution in [-0.2, 0) is 16.9 Å². The van der Waals surface area contributed by atoms with Crippen molar-refractivity contribution in [3.63, 3.8) is 0 Å². The maximum atomic E-state index is 13.2. The molecule has 0 radical (unpaired) electrons. The molecule has 4 atom stereocenters. The predicted octanol–water partition coefficient (Wildman–Crippen LogP) is 5.45. The first-order valence-electron chi connectivity index (χ1n) is 11.2. The Morgan fingerprint density at radius 2 is 1.74 bits per heavy atom. The average Bonchev–Trinajstić information content (AvgIpc) is 3.28. The lowest BCUT2D eigenvalue weighted by Gasteiger charge is -2.25. The van der Waals surface area contributed by atoms with E-state index in [0.29, 0.717) is 22.6 Å². The lowest BCUT2D eigenvalue weighted by molar-refractivity contribution is -0.532. The highest BCUT2D eigenvalue weighted by atomic mass is 35.5. The molecule has 0 unspecified atom stereocenters. The normalized spacial score (nSPS) is 24.9. The molecule has 0 saturated carbocycles. The van der Waals surface area contributed by atoms with Gasteiger partial charge < -0.3 is 10.1 Å². The number of carbonyl (C=O) groups is 1. The zero-order valence-electron chi connectivity index (χ0n) is 19.0. The number of nitro groups is 1. The molecule has 0 bridgehead atoms. The van der Waals surface area contributed by atoms with Crippen molar-refractivity contribution >= 4 is 34.8 Å². The Balaban J connectivity index is 1.50. The van der Waals surface area contributed by atoms with Gasteiger partial charge in [0.15, 0.2) is 11.3 Å². The second-order valence-corrected chi connectivity index (χ2v) is 9.90. The van der Waals surface area contributed by atoms with Crippen molar-refractivity contribution < 1.29 is 14.5 Å². The minimum atomic E-state index is -1.50. The fourth-order valence-electron chi connectivity index (χ4n) is 5.30. The standard InChI is InChI=1S/C26H23Cl2N3O4/c1-14-7-9-16(10-8-14)13-35-23-19(27)11-17(12-20(23)28)22-15(2)30-26(24(22)31(33)34)18-5-3-4-6-21(18)29-25(26)32/h3-12,15,22,24,30H,13H2,1-2H3,(H,29,32)/t15-,22-,24+,26-/m0/s1. The molecule has 1 spiro atoms. The van der Waals surface area contributed by atoms with Gasteiger partial charge in [-0.1, -0.05) is 71.2 Å². The summed E-state index contributed by atoms with van der Waals surface area (Å²) in [4.78, 5) is 25.3. The number of aryl methyl sites for hydroxylation is 1. The van der Waals surface area contributed by atoms with Gasteiger partial charge in [0.2, 0.25) is 0 Å². The summed E-state index contributed by atoms with van der Waals surface area (Å²) in [6.07, 6.45) is 0.